The van der Waals surface area contributed by atoms with Crippen molar-refractivity contribution in [2.24, 2.45) is 0 Å². The van der Waals surface area contributed by atoms with Crippen molar-refractivity contribution in [3.63, 3.8) is 0 Å². The Balaban J connectivity index is 2.12. The van der Waals surface area contributed by atoms with Crippen molar-refractivity contribution in [3.8, 4) is 0 Å². The summed E-state index contributed by atoms with van der Waals surface area (Å²) in [5.41, 5.74) is 2.03. The highest BCUT2D eigenvalue weighted by Crippen LogP contribution is 2.19. The molecule has 0 spiro atoms. The van der Waals surface area contributed by atoms with E-state index in [1.54, 1.807) is 14.1 Å². The molecule has 6 heteroatoms. The third-order valence-corrected chi connectivity index (χ3v) is 3.60. The highest BCUT2D eigenvalue weighted by molar-refractivity contribution is 5.89. The maximum Gasteiger partial charge on any atom is 0.242 e. The van der Waals surface area contributed by atoms with Crippen LogP contribution in [0.1, 0.15) is 12.0 Å². The average Bonchev–Trinajstić information content (AvgIpc) is 2.94. The number of hydrogen-bond acceptors (Lipinski definition) is 3. The molecular weight excluding hydrogens is 280 g/mol. The summed E-state index contributed by atoms with van der Waals surface area (Å²) in [6.07, 6.45) is 2.69. The Morgan fingerprint density at radius 1 is 1.23 bits per heavy atom. The largest absolute Gasteiger partial charge is 0.361 e. The van der Waals surface area contributed by atoms with E-state index in [1.807, 2.05) is 30.5 Å². The van der Waals surface area contributed by atoms with Gasteiger partial charge in [-0.25, -0.2) is 0 Å². The lowest BCUT2D eigenvalue weighted by atomic mass is 10.0. The van der Waals surface area contributed by atoms with Crippen LogP contribution in [0.4, 0.5) is 0 Å². The number of hydrogen-bond donors (Lipinski definition) is 4. The first-order chi connectivity index (χ1) is 10.7. The molecule has 0 fully saturated rings. The second kappa shape index (κ2) is 7.61. The summed E-state index contributed by atoms with van der Waals surface area (Å²) < 4.78 is 0. The Morgan fingerprint density at radius 3 is 2.73 bits per heavy atom. The van der Waals surface area contributed by atoms with Gasteiger partial charge in [0.15, 0.2) is 0 Å². The molecule has 0 radical (unpaired) electrons. The molecule has 0 saturated heterocycles. The highest BCUT2D eigenvalue weighted by atomic mass is 16.2. The second-order valence-electron chi connectivity index (χ2n) is 5.15. The number of likely N-dealkylation sites (N-methyl/N-ethyl adjacent to an activating group) is 1. The molecular formula is C16H22N4O2. The number of carbonyl (C=O) groups excluding carboxylic acids is 2. The molecule has 0 unspecified atom stereocenters. The smallest absolute Gasteiger partial charge is 0.242 e. The zero-order chi connectivity index (χ0) is 15.9. The first-order valence-corrected chi connectivity index (χ1v) is 7.36. The molecule has 0 aliphatic heterocycles. The van der Waals surface area contributed by atoms with Gasteiger partial charge in [0.25, 0.3) is 0 Å². The molecule has 2 amide bonds. The van der Waals surface area contributed by atoms with Gasteiger partial charge in [0.2, 0.25) is 11.8 Å². The Morgan fingerprint density at radius 2 is 2.00 bits per heavy atom. The molecule has 1 heterocycles. The molecule has 6 nitrogen and oxygen atoms in total. The molecule has 1 aromatic carbocycles. The van der Waals surface area contributed by atoms with Crippen LogP contribution < -0.4 is 16.0 Å². The summed E-state index contributed by atoms with van der Waals surface area (Å²) in [6, 6.07) is 7.33. The van der Waals surface area contributed by atoms with E-state index in [9.17, 15) is 9.59 Å². The predicted octanol–water partition coefficient (Wildman–Crippen LogP) is 0.551. The summed E-state index contributed by atoms with van der Waals surface area (Å²) in [5.74, 6) is -0.328. The minimum absolute atomic E-state index is 0.136. The molecule has 0 bridgehead atoms. The molecule has 2 aromatic rings. The Labute approximate surface area is 129 Å². The van der Waals surface area contributed by atoms with E-state index in [1.165, 1.54) is 0 Å². The number of fused-ring (bicyclic) bond motifs is 1. The first kappa shape index (κ1) is 16.0. The maximum absolute atomic E-state index is 12.0. The third-order valence-electron chi connectivity index (χ3n) is 3.60. The van der Waals surface area contributed by atoms with Gasteiger partial charge in [-0.3, -0.25) is 9.59 Å². The van der Waals surface area contributed by atoms with Crippen LogP contribution in [0.15, 0.2) is 30.5 Å². The number of amides is 2. The highest BCUT2D eigenvalue weighted by Gasteiger charge is 2.21. The lowest BCUT2D eigenvalue weighted by molar-refractivity contribution is -0.128. The van der Waals surface area contributed by atoms with Gasteiger partial charge in [-0.1, -0.05) is 18.2 Å². The van der Waals surface area contributed by atoms with Crippen molar-refractivity contribution in [3.05, 3.63) is 36.0 Å². The first-order valence-electron chi connectivity index (χ1n) is 7.36. The quantitative estimate of drug-likeness (QED) is 0.602. The molecule has 1 atom stereocenters. The number of aromatic nitrogens is 1. The summed E-state index contributed by atoms with van der Waals surface area (Å²) in [5, 5.41) is 9.40. The minimum atomic E-state index is -0.575. The monoisotopic (exact) mass is 302 g/mol. The van der Waals surface area contributed by atoms with Crippen LogP contribution in [0.2, 0.25) is 0 Å². The summed E-state index contributed by atoms with van der Waals surface area (Å²) >= 11 is 0. The Kier molecular flexibility index (Phi) is 5.55. The topological polar surface area (TPSA) is 86.0 Å². The van der Waals surface area contributed by atoms with Gasteiger partial charge < -0.3 is 20.9 Å². The van der Waals surface area contributed by atoms with Gasteiger partial charge in [0, 0.05) is 43.5 Å². The van der Waals surface area contributed by atoms with Gasteiger partial charge in [-0.05, 0) is 18.7 Å². The van der Waals surface area contributed by atoms with Crippen LogP contribution in [0, 0.1) is 0 Å². The summed E-state index contributed by atoms with van der Waals surface area (Å²) in [4.78, 5) is 27.1. The minimum Gasteiger partial charge on any atom is -0.361 e. The number of rotatable bonds is 7. The number of benzene rings is 1. The fraction of sp³-hybridized carbons (Fsp3) is 0.375. The number of para-hydroxylation sites is 1. The van der Waals surface area contributed by atoms with Crippen molar-refractivity contribution in [1.29, 1.82) is 0 Å². The molecule has 1 aromatic heterocycles. The number of aromatic amines is 1. The van der Waals surface area contributed by atoms with E-state index in [0.29, 0.717) is 19.4 Å². The van der Waals surface area contributed by atoms with Crippen molar-refractivity contribution in [2.45, 2.75) is 18.9 Å². The predicted molar refractivity (Wildman–Crippen MR) is 86.5 cm³/mol. The molecule has 0 aliphatic carbocycles. The van der Waals surface area contributed by atoms with Gasteiger partial charge in [0.1, 0.15) is 6.04 Å². The van der Waals surface area contributed by atoms with Crippen molar-refractivity contribution >= 4 is 22.7 Å². The van der Waals surface area contributed by atoms with E-state index in [-0.39, 0.29) is 11.8 Å². The molecule has 0 aliphatic rings. The van der Waals surface area contributed by atoms with Gasteiger partial charge in [-0.15, -0.1) is 0 Å². The SMILES string of the molecule is CNCCC(=O)N[C@@H](Cc1c[nH]c2ccccc12)C(=O)NC. The van der Waals surface area contributed by atoms with Crippen molar-refractivity contribution in [1.82, 2.24) is 20.9 Å². The molecule has 118 valence electrons. The van der Waals surface area contributed by atoms with Crippen LogP contribution in [-0.2, 0) is 16.0 Å². The summed E-state index contributed by atoms with van der Waals surface area (Å²) in [6.45, 7) is 0.583. The maximum atomic E-state index is 12.0. The van der Waals surface area contributed by atoms with E-state index in [0.717, 1.165) is 16.5 Å². The van der Waals surface area contributed by atoms with Gasteiger partial charge in [-0.2, -0.15) is 0 Å². The molecule has 4 N–H and O–H groups in total. The Bertz CT molecular complexity index is 650. The average molecular weight is 302 g/mol. The van der Waals surface area contributed by atoms with Crippen LogP contribution in [0.3, 0.4) is 0 Å². The van der Waals surface area contributed by atoms with Gasteiger partial charge in [0.05, 0.1) is 0 Å². The number of carbonyl (C=O) groups is 2. The number of H-pyrrole nitrogens is 1. The second-order valence-corrected chi connectivity index (χ2v) is 5.15. The third kappa shape index (κ3) is 3.85. The Hall–Kier alpha value is -2.34. The normalized spacial score (nSPS) is 12.1. The van der Waals surface area contributed by atoms with Gasteiger partial charge >= 0.3 is 0 Å². The van der Waals surface area contributed by atoms with Crippen LogP contribution in [0.5, 0.6) is 0 Å². The zero-order valence-electron chi connectivity index (χ0n) is 12.9. The van der Waals surface area contributed by atoms with E-state index in [2.05, 4.69) is 20.9 Å². The lowest BCUT2D eigenvalue weighted by Crippen LogP contribution is -2.47. The fourth-order valence-corrected chi connectivity index (χ4v) is 2.41. The van der Waals surface area contributed by atoms with Crippen molar-refractivity contribution in [2.75, 3.05) is 20.6 Å². The van der Waals surface area contributed by atoms with E-state index < -0.39 is 6.04 Å². The van der Waals surface area contributed by atoms with Crippen LogP contribution in [-0.4, -0.2) is 43.5 Å². The summed E-state index contributed by atoms with van der Waals surface area (Å²) in [7, 11) is 3.36. The fourth-order valence-electron chi connectivity index (χ4n) is 2.41. The molecule has 0 saturated carbocycles. The van der Waals surface area contributed by atoms with Crippen LogP contribution in [0.25, 0.3) is 10.9 Å². The van der Waals surface area contributed by atoms with E-state index >= 15 is 0 Å². The number of nitrogens with one attached hydrogen (secondary N) is 4. The lowest BCUT2D eigenvalue weighted by Gasteiger charge is -2.17. The standard InChI is InChI=1S/C16H22N4O2/c1-17-8-7-15(21)20-14(16(22)18-2)9-11-10-19-13-6-4-3-5-12(11)13/h3-6,10,14,17,19H,7-9H2,1-2H3,(H,18,22)(H,20,21)/t14-/m0/s1. The molecule has 22 heavy (non-hydrogen) atoms. The van der Waals surface area contributed by atoms with Crippen LogP contribution >= 0.6 is 0 Å². The zero-order valence-corrected chi connectivity index (χ0v) is 12.9. The van der Waals surface area contributed by atoms with Crippen molar-refractivity contribution < 1.29 is 9.59 Å². The molecule has 2 rings (SSSR count). The van der Waals surface area contributed by atoms with E-state index in [4.69, 9.17) is 0 Å².